The van der Waals surface area contributed by atoms with E-state index in [2.05, 4.69) is 36.2 Å². The highest BCUT2D eigenvalue weighted by molar-refractivity contribution is 7.16. The van der Waals surface area contributed by atoms with Crippen LogP contribution in [0.3, 0.4) is 0 Å². The smallest absolute Gasteiger partial charge is 0.394 e. The summed E-state index contributed by atoms with van der Waals surface area (Å²) in [7, 11) is 3.54. The summed E-state index contributed by atoms with van der Waals surface area (Å²) in [4.78, 5) is 7.36. The third kappa shape index (κ3) is 9.12. The Kier molecular flexibility index (Phi) is 11.3. The van der Waals surface area contributed by atoms with E-state index >= 15 is 0 Å². The second kappa shape index (κ2) is 13.1. The van der Waals surface area contributed by atoms with Gasteiger partial charge in [0.1, 0.15) is 5.70 Å². The van der Waals surface area contributed by atoms with E-state index in [9.17, 15) is 13.2 Å². The lowest BCUT2D eigenvalue weighted by Crippen LogP contribution is -2.24. The highest BCUT2D eigenvalue weighted by Crippen LogP contribution is 2.30. The van der Waals surface area contributed by atoms with Gasteiger partial charge in [0.15, 0.2) is 0 Å². The fraction of sp³-hybridized carbons (Fsp3) is 0.261. The van der Waals surface area contributed by atoms with Gasteiger partial charge in [-0.15, -0.1) is 11.3 Å². The number of halogens is 4. The van der Waals surface area contributed by atoms with Crippen molar-refractivity contribution in [3.05, 3.63) is 87.7 Å². The topological polar surface area (TPSA) is 41.6 Å². The van der Waals surface area contributed by atoms with E-state index in [1.807, 2.05) is 0 Å². The lowest BCUT2D eigenvalue weighted by Gasteiger charge is -2.21. The van der Waals surface area contributed by atoms with E-state index < -0.39 is 11.9 Å². The number of nitrogens with two attached hydrogens (primary N) is 1. The van der Waals surface area contributed by atoms with Crippen molar-refractivity contribution in [1.82, 2.24) is 4.90 Å². The van der Waals surface area contributed by atoms with Crippen LogP contribution >= 0.6 is 22.9 Å². The quantitative estimate of drug-likeness (QED) is 0.419. The predicted molar refractivity (Wildman–Crippen MR) is 128 cm³/mol. The number of fused-ring (bicyclic) bond motifs is 1. The first kappa shape index (κ1) is 26.7. The second-order valence-electron chi connectivity index (χ2n) is 6.54. The molecule has 2 heterocycles. The number of allylic oxidation sites excluding steroid dienone is 4. The minimum atomic E-state index is -4.55. The summed E-state index contributed by atoms with van der Waals surface area (Å²) in [6.45, 7) is 8.97. The number of hydrogen-bond acceptors (Lipinski definition) is 4. The Labute approximate surface area is 191 Å². The van der Waals surface area contributed by atoms with E-state index in [4.69, 9.17) is 17.3 Å². The maximum absolute atomic E-state index is 12.5. The van der Waals surface area contributed by atoms with Gasteiger partial charge >= 0.3 is 6.18 Å². The molecule has 0 amide bonds. The van der Waals surface area contributed by atoms with Gasteiger partial charge in [-0.3, -0.25) is 4.99 Å². The largest absolute Gasteiger partial charge is 0.431 e. The van der Waals surface area contributed by atoms with Gasteiger partial charge < -0.3 is 10.6 Å². The Hall–Kier alpha value is -2.35. The molecular formula is C23H27ClF3N3S. The Morgan fingerprint density at radius 3 is 2.35 bits per heavy atom. The first-order valence-electron chi connectivity index (χ1n) is 9.37. The molecule has 0 aliphatic carbocycles. The lowest BCUT2D eigenvalue weighted by atomic mass is 10.0. The Morgan fingerprint density at radius 1 is 1.23 bits per heavy atom. The summed E-state index contributed by atoms with van der Waals surface area (Å²) in [5, 5.41) is 0. The zero-order valence-corrected chi connectivity index (χ0v) is 19.2. The van der Waals surface area contributed by atoms with Crippen molar-refractivity contribution in [2.24, 2.45) is 10.7 Å². The molecule has 0 fully saturated rings. The van der Waals surface area contributed by atoms with Gasteiger partial charge in [-0.05, 0) is 30.7 Å². The van der Waals surface area contributed by atoms with Crippen LogP contribution < -0.4 is 5.73 Å². The molecule has 1 aromatic carbocycles. The average Bonchev–Trinajstić information content (AvgIpc) is 3.11. The number of likely N-dealkylation sites (N-methyl/N-ethyl adjacent to an activating group) is 1. The number of nitrogens with zero attached hydrogens (tertiary/aromatic N) is 2. The van der Waals surface area contributed by atoms with Crippen molar-refractivity contribution in [2.75, 3.05) is 20.6 Å². The van der Waals surface area contributed by atoms with Gasteiger partial charge in [0, 0.05) is 36.8 Å². The molecule has 1 aliphatic rings. The van der Waals surface area contributed by atoms with Crippen molar-refractivity contribution >= 4 is 34.7 Å². The zero-order chi connectivity index (χ0) is 23.4. The van der Waals surface area contributed by atoms with Crippen LogP contribution in [0.5, 0.6) is 0 Å². The molecule has 2 N–H and O–H groups in total. The number of thiophene rings is 1. The fourth-order valence-electron chi connectivity index (χ4n) is 2.61. The predicted octanol–water partition coefficient (Wildman–Crippen LogP) is 6.37. The molecule has 0 atom stereocenters. The van der Waals surface area contributed by atoms with Gasteiger partial charge in [-0.2, -0.15) is 13.2 Å². The molecule has 8 heteroatoms. The lowest BCUT2D eigenvalue weighted by molar-refractivity contribution is -0.0918. The van der Waals surface area contributed by atoms with Crippen LogP contribution in [-0.4, -0.2) is 37.9 Å². The standard InChI is InChI=1S/C11H11F3N2.C8H10ClNS.C4H6/c1-16-7-9(10(15)11(12,13)14)8-5-3-2-4-6-8;1-10-3-2-6-4-8(9)11-7(6)5-10;1-3-4-2/h2-7H,15H2,1H3;4H,2-3,5H2,1H3;3-4H,1-2H2/b10-9+,16-7?;;. The molecule has 168 valence electrons. The molecule has 1 aromatic heterocycles. The Morgan fingerprint density at radius 2 is 1.84 bits per heavy atom. The SMILES string of the molecule is C=CC=C.CN1CCc2cc(Cl)sc2C1.CN=C/C(=C(\N)C(F)(F)F)c1ccccc1. The van der Waals surface area contributed by atoms with E-state index in [0.717, 1.165) is 23.5 Å². The van der Waals surface area contributed by atoms with E-state index in [1.165, 1.54) is 24.0 Å². The number of alkyl halides is 3. The van der Waals surface area contributed by atoms with Crippen LogP contribution in [0.2, 0.25) is 4.34 Å². The minimum Gasteiger partial charge on any atom is -0.394 e. The molecule has 0 bridgehead atoms. The number of hydrogen-bond donors (Lipinski definition) is 1. The van der Waals surface area contributed by atoms with Gasteiger partial charge in [0.2, 0.25) is 0 Å². The fourth-order valence-corrected chi connectivity index (χ4v) is 4.03. The number of benzene rings is 1. The summed E-state index contributed by atoms with van der Waals surface area (Å²) >= 11 is 7.62. The van der Waals surface area contributed by atoms with Crippen molar-refractivity contribution < 1.29 is 13.2 Å². The molecule has 2 aromatic rings. The molecule has 0 unspecified atom stereocenters. The Balaban J connectivity index is 0.000000276. The second-order valence-corrected chi connectivity index (χ2v) is 8.30. The minimum absolute atomic E-state index is 0.115. The molecule has 3 rings (SSSR count). The molecule has 31 heavy (non-hydrogen) atoms. The third-order valence-corrected chi connectivity index (χ3v) is 5.44. The zero-order valence-electron chi connectivity index (χ0n) is 17.6. The summed E-state index contributed by atoms with van der Waals surface area (Å²) in [6.07, 6.45) is 1.000. The molecule has 0 saturated heterocycles. The summed E-state index contributed by atoms with van der Waals surface area (Å²) in [6, 6.07) is 10.2. The number of rotatable bonds is 3. The van der Waals surface area contributed by atoms with E-state index in [1.54, 1.807) is 53.8 Å². The van der Waals surface area contributed by atoms with Crippen molar-refractivity contribution in [3.8, 4) is 0 Å². The van der Waals surface area contributed by atoms with E-state index in [0.29, 0.717) is 5.56 Å². The van der Waals surface area contributed by atoms with Gasteiger partial charge in [0.05, 0.1) is 4.34 Å². The maximum Gasteiger partial charge on any atom is 0.431 e. The van der Waals surface area contributed by atoms with Crippen molar-refractivity contribution in [1.29, 1.82) is 0 Å². The number of aliphatic imine (C=N–C) groups is 1. The van der Waals surface area contributed by atoms with Crippen LogP contribution in [0.15, 0.2) is 72.4 Å². The van der Waals surface area contributed by atoms with Gasteiger partial charge in [-0.1, -0.05) is 67.2 Å². The summed E-state index contributed by atoms with van der Waals surface area (Å²) in [5.74, 6) is 0. The average molecular weight is 470 g/mol. The van der Waals surface area contributed by atoms with Gasteiger partial charge in [-0.25, -0.2) is 0 Å². The van der Waals surface area contributed by atoms with Gasteiger partial charge in [0.25, 0.3) is 0 Å². The molecule has 0 radical (unpaired) electrons. The van der Waals surface area contributed by atoms with Crippen LogP contribution in [0.25, 0.3) is 5.57 Å². The highest BCUT2D eigenvalue weighted by Gasteiger charge is 2.34. The van der Waals surface area contributed by atoms with Crippen LogP contribution in [0, 0.1) is 0 Å². The monoisotopic (exact) mass is 469 g/mol. The van der Waals surface area contributed by atoms with E-state index in [-0.39, 0.29) is 5.57 Å². The summed E-state index contributed by atoms with van der Waals surface area (Å²) < 4.78 is 38.3. The van der Waals surface area contributed by atoms with Crippen LogP contribution in [-0.2, 0) is 13.0 Å². The first-order chi connectivity index (χ1) is 14.6. The maximum atomic E-state index is 12.5. The highest BCUT2D eigenvalue weighted by atomic mass is 35.5. The first-order valence-corrected chi connectivity index (χ1v) is 10.6. The molecular weight excluding hydrogens is 443 g/mol. The molecule has 0 spiro atoms. The van der Waals surface area contributed by atoms with Crippen molar-refractivity contribution in [3.63, 3.8) is 0 Å². The van der Waals surface area contributed by atoms with Crippen LogP contribution in [0.1, 0.15) is 16.0 Å². The molecule has 1 aliphatic heterocycles. The van der Waals surface area contributed by atoms with Crippen LogP contribution in [0.4, 0.5) is 13.2 Å². The van der Waals surface area contributed by atoms with Crippen molar-refractivity contribution in [2.45, 2.75) is 19.1 Å². The molecule has 0 saturated carbocycles. The molecule has 3 nitrogen and oxygen atoms in total. The normalized spacial score (nSPS) is 14.4. The summed E-state index contributed by atoms with van der Waals surface area (Å²) in [5.41, 5.74) is 5.67. The Bertz CT molecular complexity index is 897. The third-order valence-electron chi connectivity index (χ3n) is 4.15.